The number of nitrogens with one attached hydrogen (secondary N) is 4. The van der Waals surface area contributed by atoms with E-state index in [-0.39, 0.29) is 0 Å². The number of carbonyl (C=O) groups is 3. The van der Waals surface area contributed by atoms with E-state index in [2.05, 4.69) is 10.6 Å². The minimum Gasteiger partial charge on any atom is -0.338 e. The smallest absolute Gasteiger partial charge is 0.330 e. The highest BCUT2D eigenvalue weighted by molar-refractivity contribution is 6.01. The quantitative estimate of drug-likeness (QED) is 0.540. The molecule has 7 heteroatoms. The topological polar surface area (TPSA) is 99.3 Å². The van der Waals surface area contributed by atoms with Gasteiger partial charge in [-0.15, -0.1) is 0 Å². The van der Waals surface area contributed by atoms with Crippen LogP contribution in [0.25, 0.3) is 0 Å². The zero-order valence-electron chi connectivity index (χ0n) is 11.0. The van der Waals surface area contributed by atoms with Gasteiger partial charge in [-0.05, 0) is 12.8 Å². The average Bonchev–Trinajstić information content (AvgIpc) is 2.29. The number of hydrogen-bond donors (Lipinski definition) is 4. The van der Waals surface area contributed by atoms with Crippen LogP contribution in [0.3, 0.4) is 0 Å². The molecule has 0 aromatic heterocycles. The summed E-state index contributed by atoms with van der Waals surface area (Å²) < 4.78 is 0. The van der Waals surface area contributed by atoms with Crippen molar-refractivity contribution in [2.75, 3.05) is 13.1 Å². The average molecular weight is 258 g/mol. The van der Waals surface area contributed by atoms with E-state index < -0.39 is 18.1 Å². The summed E-state index contributed by atoms with van der Waals surface area (Å²) in [6.07, 6.45) is 3.58. The number of rotatable bonds is 6. The summed E-state index contributed by atoms with van der Waals surface area (Å²) in [7, 11) is 0. The van der Waals surface area contributed by atoms with Gasteiger partial charge in [0.2, 0.25) is 0 Å². The lowest BCUT2D eigenvalue weighted by Gasteiger charge is -2.08. The van der Waals surface area contributed by atoms with Crippen LogP contribution < -0.4 is 21.3 Å². The van der Waals surface area contributed by atoms with Crippen LogP contribution >= 0.6 is 0 Å². The van der Waals surface area contributed by atoms with Crippen LogP contribution in [-0.2, 0) is 0 Å². The van der Waals surface area contributed by atoms with E-state index in [0.717, 1.165) is 25.7 Å². The summed E-state index contributed by atoms with van der Waals surface area (Å²) in [5.41, 5.74) is 0. The van der Waals surface area contributed by atoms with Crippen molar-refractivity contribution in [1.29, 1.82) is 0 Å². The van der Waals surface area contributed by atoms with Crippen LogP contribution in [-0.4, -0.2) is 31.2 Å². The molecule has 0 aliphatic heterocycles. The van der Waals surface area contributed by atoms with Gasteiger partial charge in [-0.25, -0.2) is 14.4 Å². The van der Waals surface area contributed by atoms with Crippen molar-refractivity contribution in [3.63, 3.8) is 0 Å². The van der Waals surface area contributed by atoms with E-state index in [0.29, 0.717) is 13.1 Å². The standard InChI is InChI=1S/C11H22N4O3/c1-3-5-7-12-9(16)14-11(18)15-10(17)13-8-6-4-2/h3-8H2,1-2H3,(H4,12,13,14,15,16,17,18). The fourth-order valence-corrected chi connectivity index (χ4v) is 1.08. The Kier molecular flexibility index (Phi) is 9.34. The first-order chi connectivity index (χ1) is 8.60. The minimum atomic E-state index is -0.835. The first kappa shape index (κ1) is 16.2. The number of urea groups is 3. The monoisotopic (exact) mass is 258 g/mol. The molecule has 0 aliphatic carbocycles. The molecule has 18 heavy (non-hydrogen) atoms. The maximum Gasteiger partial charge on any atom is 0.330 e. The Bertz CT molecular complexity index is 255. The summed E-state index contributed by atoms with van der Waals surface area (Å²) in [5, 5.41) is 8.99. The molecule has 0 saturated carbocycles. The Hall–Kier alpha value is -1.79. The highest BCUT2D eigenvalue weighted by Crippen LogP contribution is 1.83. The van der Waals surface area contributed by atoms with Crippen molar-refractivity contribution in [3.8, 4) is 0 Å². The van der Waals surface area contributed by atoms with Crippen LogP contribution in [0.1, 0.15) is 39.5 Å². The highest BCUT2D eigenvalue weighted by Gasteiger charge is 2.09. The minimum absolute atomic E-state index is 0.498. The predicted molar refractivity (Wildman–Crippen MR) is 68.3 cm³/mol. The molecule has 0 aromatic carbocycles. The molecule has 0 aliphatic rings. The van der Waals surface area contributed by atoms with Gasteiger partial charge >= 0.3 is 18.1 Å². The van der Waals surface area contributed by atoms with Crippen molar-refractivity contribution >= 4 is 18.1 Å². The normalized spacial score (nSPS) is 9.44. The molecule has 0 heterocycles. The molecule has 0 rings (SSSR count). The Labute approximate surface area is 107 Å². The van der Waals surface area contributed by atoms with Crippen molar-refractivity contribution in [1.82, 2.24) is 21.3 Å². The molecule has 0 fully saturated rings. The lowest BCUT2D eigenvalue weighted by Crippen LogP contribution is -2.49. The van der Waals surface area contributed by atoms with Crippen molar-refractivity contribution in [2.45, 2.75) is 39.5 Å². The maximum absolute atomic E-state index is 11.2. The first-order valence-electron chi connectivity index (χ1n) is 6.23. The Morgan fingerprint density at radius 1 is 0.722 bits per heavy atom. The van der Waals surface area contributed by atoms with Gasteiger partial charge < -0.3 is 10.6 Å². The zero-order valence-corrected chi connectivity index (χ0v) is 11.0. The van der Waals surface area contributed by atoms with Gasteiger partial charge in [0.25, 0.3) is 0 Å². The lowest BCUT2D eigenvalue weighted by atomic mass is 10.3. The van der Waals surface area contributed by atoms with E-state index in [1.807, 2.05) is 24.5 Å². The maximum atomic E-state index is 11.2. The summed E-state index contributed by atoms with van der Waals surface area (Å²) >= 11 is 0. The van der Waals surface area contributed by atoms with E-state index in [9.17, 15) is 14.4 Å². The van der Waals surface area contributed by atoms with Crippen molar-refractivity contribution in [2.24, 2.45) is 0 Å². The third-order valence-corrected chi connectivity index (χ3v) is 2.09. The Morgan fingerprint density at radius 2 is 1.11 bits per heavy atom. The van der Waals surface area contributed by atoms with E-state index in [1.54, 1.807) is 0 Å². The molecule has 6 amide bonds. The Balaban J connectivity index is 3.68. The van der Waals surface area contributed by atoms with Gasteiger partial charge in [0.05, 0.1) is 0 Å². The second-order valence-electron chi connectivity index (χ2n) is 3.80. The second kappa shape index (κ2) is 10.4. The summed E-state index contributed by atoms with van der Waals surface area (Å²) in [4.78, 5) is 33.5. The largest absolute Gasteiger partial charge is 0.338 e. The molecule has 4 N–H and O–H groups in total. The molecule has 0 aromatic rings. The van der Waals surface area contributed by atoms with Gasteiger partial charge in [0, 0.05) is 13.1 Å². The zero-order chi connectivity index (χ0) is 13.8. The molecular formula is C11H22N4O3. The van der Waals surface area contributed by atoms with Gasteiger partial charge in [-0.3, -0.25) is 10.6 Å². The molecule has 7 nitrogen and oxygen atoms in total. The van der Waals surface area contributed by atoms with Gasteiger partial charge in [-0.2, -0.15) is 0 Å². The number of amides is 6. The van der Waals surface area contributed by atoms with Crippen LogP contribution in [0.15, 0.2) is 0 Å². The fraction of sp³-hybridized carbons (Fsp3) is 0.727. The number of imide groups is 2. The van der Waals surface area contributed by atoms with Gasteiger partial charge in [0.1, 0.15) is 0 Å². The molecule has 0 unspecified atom stereocenters. The number of carbonyl (C=O) groups excluding carboxylic acids is 3. The fourth-order valence-electron chi connectivity index (χ4n) is 1.08. The highest BCUT2D eigenvalue weighted by atomic mass is 16.2. The molecular weight excluding hydrogens is 236 g/mol. The summed E-state index contributed by atoms with van der Waals surface area (Å²) in [5.74, 6) is 0. The first-order valence-corrected chi connectivity index (χ1v) is 6.23. The summed E-state index contributed by atoms with van der Waals surface area (Å²) in [6, 6.07) is -2.05. The van der Waals surface area contributed by atoms with Gasteiger partial charge in [-0.1, -0.05) is 26.7 Å². The molecule has 0 spiro atoms. The molecule has 104 valence electrons. The molecule has 0 bridgehead atoms. The predicted octanol–water partition coefficient (Wildman–Crippen LogP) is 1.30. The molecule has 0 saturated heterocycles. The van der Waals surface area contributed by atoms with E-state index in [4.69, 9.17) is 0 Å². The van der Waals surface area contributed by atoms with E-state index in [1.165, 1.54) is 0 Å². The molecule has 0 atom stereocenters. The lowest BCUT2D eigenvalue weighted by molar-refractivity contribution is 0.221. The second-order valence-corrected chi connectivity index (χ2v) is 3.80. The third kappa shape index (κ3) is 9.44. The van der Waals surface area contributed by atoms with Gasteiger partial charge in [0.15, 0.2) is 0 Å². The van der Waals surface area contributed by atoms with Crippen LogP contribution in [0, 0.1) is 0 Å². The van der Waals surface area contributed by atoms with Crippen LogP contribution in [0.4, 0.5) is 14.4 Å². The SMILES string of the molecule is CCCCNC(=O)NC(=O)NC(=O)NCCCC. The van der Waals surface area contributed by atoms with Crippen LogP contribution in [0.5, 0.6) is 0 Å². The third-order valence-electron chi connectivity index (χ3n) is 2.09. The van der Waals surface area contributed by atoms with Crippen LogP contribution in [0.2, 0.25) is 0 Å². The number of unbranched alkanes of at least 4 members (excludes halogenated alkanes) is 2. The van der Waals surface area contributed by atoms with E-state index >= 15 is 0 Å². The number of hydrogen-bond acceptors (Lipinski definition) is 3. The Morgan fingerprint density at radius 3 is 1.44 bits per heavy atom. The molecule has 0 radical (unpaired) electrons. The van der Waals surface area contributed by atoms with Crippen molar-refractivity contribution < 1.29 is 14.4 Å². The summed E-state index contributed by atoms with van der Waals surface area (Å²) in [6.45, 7) is 4.98. The van der Waals surface area contributed by atoms with Crippen molar-refractivity contribution in [3.05, 3.63) is 0 Å².